The number of fused-ring (bicyclic) bond motifs is 1. The quantitative estimate of drug-likeness (QED) is 0.264. The molecular formula is C24H18ClF2NO5. The minimum atomic E-state index is -1.46. The van der Waals surface area contributed by atoms with Crippen LogP contribution in [0.4, 0.5) is 13.6 Å². The average Bonchev–Trinajstić information content (AvgIpc) is 3.12. The maximum absolute atomic E-state index is 14.0. The molecule has 170 valence electrons. The third kappa shape index (κ3) is 4.92. The fourth-order valence-corrected chi connectivity index (χ4v) is 3.82. The summed E-state index contributed by atoms with van der Waals surface area (Å²) in [5, 5.41) is 19.8. The lowest BCUT2D eigenvalue weighted by atomic mass is 10.1. The number of aliphatic hydroxyl groups excluding tert-OH is 1. The summed E-state index contributed by atoms with van der Waals surface area (Å²) in [6.07, 6.45) is 0.224. The van der Waals surface area contributed by atoms with Crippen LogP contribution in [0.25, 0.3) is 10.9 Å². The first-order valence-electron chi connectivity index (χ1n) is 9.83. The van der Waals surface area contributed by atoms with Crippen molar-refractivity contribution in [1.82, 2.24) is 4.57 Å². The summed E-state index contributed by atoms with van der Waals surface area (Å²) in [7, 11) is 0. The zero-order chi connectivity index (χ0) is 23.5. The lowest BCUT2D eigenvalue weighted by Crippen LogP contribution is -2.05. The van der Waals surface area contributed by atoms with Crippen molar-refractivity contribution in [2.45, 2.75) is 19.8 Å². The molecule has 0 saturated carbocycles. The van der Waals surface area contributed by atoms with Gasteiger partial charge < -0.3 is 24.3 Å². The summed E-state index contributed by atoms with van der Waals surface area (Å²) >= 11 is 6.18. The van der Waals surface area contributed by atoms with Gasteiger partial charge in [-0.15, -0.1) is 0 Å². The molecule has 0 atom stereocenters. The van der Waals surface area contributed by atoms with Gasteiger partial charge in [0.1, 0.15) is 29.7 Å². The number of ether oxygens (including phenoxy) is 2. The fraction of sp³-hybridized carbons (Fsp3) is 0.125. The maximum Gasteiger partial charge on any atom is 0.511 e. The Kier molecular flexibility index (Phi) is 6.48. The van der Waals surface area contributed by atoms with Crippen molar-refractivity contribution in [1.29, 1.82) is 0 Å². The highest BCUT2D eigenvalue weighted by Gasteiger charge is 2.17. The zero-order valence-electron chi connectivity index (χ0n) is 17.1. The van der Waals surface area contributed by atoms with Gasteiger partial charge in [0.05, 0.1) is 18.7 Å². The molecule has 0 radical (unpaired) electrons. The summed E-state index contributed by atoms with van der Waals surface area (Å²) in [6.45, 7) is -0.188. The smallest absolute Gasteiger partial charge is 0.488 e. The van der Waals surface area contributed by atoms with Crippen LogP contribution in [0, 0.1) is 11.6 Å². The van der Waals surface area contributed by atoms with Crippen molar-refractivity contribution < 1.29 is 33.3 Å². The third-order valence-electron chi connectivity index (χ3n) is 5.08. The van der Waals surface area contributed by atoms with Crippen molar-refractivity contribution >= 4 is 28.7 Å². The zero-order valence-corrected chi connectivity index (χ0v) is 17.9. The first-order chi connectivity index (χ1) is 15.9. The Morgan fingerprint density at radius 1 is 1.00 bits per heavy atom. The Hall–Kier alpha value is -3.62. The Bertz CT molecular complexity index is 1340. The largest absolute Gasteiger partial charge is 0.511 e. The first-order valence-corrected chi connectivity index (χ1v) is 10.2. The van der Waals surface area contributed by atoms with Gasteiger partial charge in [0.15, 0.2) is 0 Å². The fourth-order valence-electron chi connectivity index (χ4n) is 3.62. The van der Waals surface area contributed by atoms with Crippen LogP contribution in [-0.4, -0.2) is 20.9 Å². The number of aliphatic hydroxyl groups is 1. The molecule has 0 bridgehead atoms. The van der Waals surface area contributed by atoms with E-state index in [9.17, 15) is 18.7 Å². The monoisotopic (exact) mass is 473 g/mol. The molecule has 0 aliphatic heterocycles. The van der Waals surface area contributed by atoms with E-state index in [1.54, 1.807) is 41.1 Å². The first kappa shape index (κ1) is 22.6. The highest BCUT2D eigenvalue weighted by Crippen LogP contribution is 2.33. The third-order valence-corrected chi connectivity index (χ3v) is 5.31. The Morgan fingerprint density at radius 2 is 1.82 bits per heavy atom. The Labute approximate surface area is 192 Å². The van der Waals surface area contributed by atoms with Crippen molar-refractivity contribution in [2.75, 3.05) is 0 Å². The van der Waals surface area contributed by atoms with E-state index in [1.807, 2.05) is 0 Å². The number of benzene rings is 3. The molecule has 4 aromatic rings. The second-order valence-corrected chi connectivity index (χ2v) is 7.67. The lowest BCUT2D eigenvalue weighted by Gasteiger charge is -2.14. The van der Waals surface area contributed by atoms with Crippen molar-refractivity contribution in [3.8, 4) is 11.5 Å². The molecule has 1 heterocycles. The molecular weight excluding hydrogens is 456 g/mol. The molecule has 0 fully saturated rings. The Morgan fingerprint density at radius 3 is 2.55 bits per heavy atom. The van der Waals surface area contributed by atoms with Crippen LogP contribution in [0.15, 0.2) is 60.8 Å². The van der Waals surface area contributed by atoms with Gasteiger partial charge in [0.25, 0.3) is 0 Å². The van der Waals surface area contributed by atoms with Crippen LogP contribution >= 0.6 is 11.6 Å². The van der Waals surface area contributed by atoms with Gasteiger partial charge in [-0.3, -0.25) is 0 Å². The lowest BCUT2D eigenvalue weighted by molar-refractivity contribution is 0.145. The highest BCUT2D eigenvalue weighted by atomic mass is 35.5. The predicted molar refractivity (Wildman–Crippen MR) is 118 cm³/mol. The topological polar surface area (TPSA) is 80.9 Å². The van der Waals surface area contributed by atoms with E-state index >= 15 is 0 Å². The van der Waals surface area contributed by atoms with Gasteiger partial charge in [-0.25, -0.2) is 13.6 Å². The van der Waals surface area contributed by atoms with Crippen LogP contribution in [0.5, 0.6) is 11.5 Å². The van der Waals surface area contributed by atoms with Crippen molar-refractivity contribution in [3.63, 3.8) is 0 Å². The van der Waals surface area contributed by atoms with Crippen molar-refractivity contribution in [2.24, 2.45) is 0 Å². The Balaban J connectivity index is 1.68. The van der Waals surface area contributed by atoms with Crippen LogP contribution in [0.1, 0.15) is 16.7 Å². The van der Waals surface area contributed by atoms with E-state index in [1.165, 1.54) is 12.1 Å². The number of hydrogen-bond acceptors (Lipinski definition) is 4. The average molecular weight is 474 g/mol. The molecule has 0 spiro atoms. The number of hydrogen-bond donors (Lipinski definition) is 2. The number of halogens is 3. The van der Waals surface area contributed by atoms with Gasteiger partial charge in [-0.2, -0.15) is 0 Å². The number of carboxylic acid groups (broad SMARTS) is 1. The van der Waals surface area contributed by atoms with Gasteiger partial charge >= 0.3 is 6.16 Å². The molecule has 0 aliphatic rings. The normalized spacial score (nSPS) is 11.0. The second kappa shape index (κ2) is 9.48. The number of aromatic nitrogens is 1. The molecule has 0 amide bonds. The predicted octanol–water partition coefficient (Wildman–Crippen LogP) is 5.75. The molecule has 9 heteroatoms. The van der Waals surface area contributed by atoms with Gasteiger partial charge in [0.2, 0.25) is 0 Å². The molecule has 4 rings (SSSR count). The molecule has 1 aromatic heterocycles. The summed E-state index contributed by atoms with van der Waals surface area (Å²) in [6, 6.07) is 13.2. The van der Waals surface area contributed by atoms with E-state index in [0.717, 1.165) is 12.1 Å². The molecule has 2 N–H and O–H groups in total. The van der Waals surface area contributed by atoms with Crippen LogP contribution in [0.2, 0.25) is 5.02 Å². The van der Waals surface area contributed by atoms with E-state index in [4.69, 9.17) is 26.2 Å². The van der Waals surface area contributed by atoms with Crippen LogP contribution in [-0.2, 0) is 19.8 Å². The summed E-state index contributed by atoms with van der Waals surface area (Å²) < 4.78 is 39.6. The number of carbonyl (C=O) groups is 1. The summed E-state index contributed by atoms with van der Waals surface area (Å²) in [5.74, 6) is -0.833. The summed E-state index contributed by atoms with van der Waals surface area (Å²) in [4.78, 5) is 11.1. The minimum Gasteiger partial charge on any atom is -0.488 e. The minimum absolute atomic E-state index is 0.108. The molecule has 0 aliphatic carbocycles. The molecule has 33 heavy (non-hydrogen) atoms. The van der Waals surface area contributed by atoms with Gasteiger partial charge in [-0.05, 0) is 42.5 Å². The standard InChI is InChI=1S/C24H18ClF2NO5/c25-17-5-7-21(32-13-14-4-6-18(26)9-19(14)27)15(8-17)10-28-11-16(12-29)23-20(28)2-1-3-22(23)33-24(30)31/h1-9,11,29H,10,12-13H2,(H,30,31). The molecule has 0 unspecified atom stereocenters. The number of nitrogens with zero attached hydrogens (tertiary/aromatic N) is 1. The molecule has 3 aromatic carbocycles. The maximum atomic E-state index is 14.0. The van der Waals surface area contributed by atoms with Crippen LogP contribution in [0.3, 0.4) is 0 Å². The number of rotatable bonds is 7. The van der Waals surface area contributed by atoms with E-state index in [0.29, 0.717) is 32.8 Å². The van der Waals surface area contributed by atoms with E-state index in [2.05, 4.69) is 0 Å². The molecule has 0 saturated heterocycles. The van der Waals surface area contributed by atoms with Crippen molar-refractivity contribution in [3.05, 3.63) is 94.1 Å². The summed E-state index contributed by atoms with van der Waals surface area (Å²) in [5.41, 5.74) is 1.98. The van der Waals surface area contributed by atoms with E-state index in [-0.39, 0.29) is 31.1 Å². The van der Waals surface area contributed by atoms with Crippen LogP contribution < -0.4 is 9.47 Å². The van der Waals surface area contributed by atoms with Gasteiger partial charge in [0, 0.05) is 39.4 Å². The van der Waals surface area contributed by atoms with Gasteiger partial charge in [-0.1, -0.05) is 17.7 Å². The highest BCUT2D eigenvalue weighted by molar-refractivity contribution is 6.30. The molecule has 6 nitrogen and oxygen atoms in total. The SMILES string of the molecule is O=C(O)Oc1cccc2c1c(CO)cn2Cc1cc(Cl)ccc1OCc1ccc(F)cc1F. The second-order valence-electron chi connectivity index (χ2n) is 7.24. The van der Waals surface area contributed by atoms with E-state index < -0.39 is 17.8 Å².